The van der Waals surface area contributed by atoms with Crippen LogP contribution in [0.5, 0.6) is 5.75 Å². The molecule has 0 radical (unpaired) electrons. The van der Waals surface area contributed by atoms with Crippen LogP contribution < -0.4 is 10.3 Å². The number of benzene rings is 2. The van der Waals surface area contributed by atoms with E-state index in [0.29, 0.717) is 35.3 Å². The third kappa shape index (κ3) is 3.94. The minimum atomic E-state index is -4.36. The largest absolute Gasteiger partial charge is 0.497 e. The second kappa shape index (κ2) is 8.28. The van der Waals surface area contributed by atoms with E-state index < -0.39 is 11.7 Å². The number of rotatable bonds is 5. The summed E-state index contributed by atoms with van der Waals surface area (Å²) in [6.45, 7) is 0.303. The van der Waals surface area contributed by atoms with Gasteiger partial charge in [-0.1, -0.05) is 24.3 Å². The van der Waals surface area contributed by atoms with Gasteiger partial charge in [0.15, 0.2) is 5.65 Å². The van der Waals surface area contributed by atoms with Crippen molar-refractivity contribution in [2.45, 2.75) is 19.1 Å². The first-order chi connectivity index (χ1) is 16.2. The molecule has 0 aliphatic heterocycles. The van der Waals surface area contributed by atoms with Gasteiger partial charge in [-0.15, -0.1) is 11.3 Å². The quantitative estimate of drug-likeness (QED) is 0.352. The Morgan fingerprint density at radius 1 is 1.09 bits per heavy atom. The van der Waals surface area contributed by atoms with Gasteiger partial charge in [-0.25, -0.2) is 9.67 Å². The third-order valence-corrected chi connectivity index (χ3v) is 6.75. The van der Waals surface area contributed by atoms with Gasteiger partial charge in [0.1, 0.15) is 16.3 Å². The standard InChI is InChI=1S/C24H19F3N4O2S/c1-30-20-18(12-28-31(23(20)32)13-15-4-3-5-17(10-15)33-2)21-22(30)29-19(34-21)11-14-6-8-16(9-7-14)24(25,26)27/h3-10,12H,11,13H2,1-2H3. The molecule has 0 spiro atoms. The summed E-state index contributed by atoms with van der Waals surface area (Å²) in [5.74, 6) is 0.704. The number of alkyl halides is 3. The highest BCUT2D eigenvalue weighted by atomic mass is 32.1. The Morgan fingerprint density at radius 2 is 1.85 bits per heavy atom. The van der Waals surface area contributed by atoms with Crippen LogP contribution in [0.15, 0.2) is 59.5 Å². The molecule has 0 atom stereocenters. The summed E-state index contributed by atoms with van der Waals surface area (Å²) in [5.41, 5.74) is 1.88. The summed E-state index contributed by atoms with van der Waals surface area (Å²) >= 11 is 1.42. The van der Waals surface area contributed by atoms with Crippen molar-refractivity contribution < 1.29 is 17.9 Å². The van der Waals surface area contributed by atoms with Crippen molar-refractivity contribution in [2.24, 2.45) is 7.05 Å². The molecule has 0 aliphatic rings. The number of aryl methyl sites for hydroxylation is 1. The van der Waals surface area contributed by atoms with Crippen LogP contribution in [0, 0.1) is 0 Å². The van der Waals surface area contributed by atoms with E-state index in [0.717, 1.165) is 33.0 Å². The van der Waals surface area contributed by atoms with Crippen molar-refractivity contribution in [3.05, 3.63) is 86.8 Å². The first-order valence-electron chi connectivity index (χ1n) is 10.4. The Hall–Kier alpha value is -3.66. The van der Waals surface area contributed by atoms with Gasteiger partial charge in [0.2, 0.25) is 0 Å². The maximum absolute atomic E-state index is 13.2. The molecule has 0 amide bonds. The van der Waals surface area contributed by atoms with Gasteiger partial charge in [0, 0.05) is 18.9 Å². The van der Waals surface area contributed by atoms with Crippen LogP contribution in [-0.2, 0) is 26.2 Å². The molecule has 2 aromatic carbocycles. The van der Waals surface area contributed by atoms with Crippen LogP contribution in [0.1, 0.15) is 21.7 Å². The van der Waals surface area contributed by atoms with Crippen molar-refractivity contribution in [1.29, 1.82) is 0 Å². The molecular weight excluding hydrogens is 465 g/mol. The summed E-state index contributed by atoms with van der Waals surface area (Å²) in [6.07, 6.45) is -2.29. The summed E-state index contributed by atoms with van der Waals surface area (Å²) in [6, 6.07) is 12.5. The first kappa shape index (κ1) is 22.1. The lowest BCUT2D eigenvalue weighted by Gasteiger charge is -2.07. The average molecular weight is 485 g/mol. The maximum Gasteiger partial charge on any atom is 0.416 e. The van der Waals surface area contributed by atoms with E-state index in [1.54, 1.807) is 24.9 Å². The van der Waals surface area contributed by atoms with Crippen molar-refractivity contribution in [2.75, 3.05) is 7.11 Å². The van der Waals surface area contributed by atoms with Crippen LogP contribution in [-0.4, -0.2) is 26.4 Å². The van der Waals surface area contributed by atoms with Crippen LogP contribution in [0.25, 0.3) is 21.3 Å². The van der Waals surface area contributed by atoms with E-state index in [4.69, 9.17) is 4.74 Å². The zero-order valence-electron chi connectivity index (χ0n) is 18.3. The van der Waals surface area contributed by atoms with Crippen LogP contribution in [0.4, 0.5) is 13.2 Å². The van der Waals surface area contributed by atoms with E-state index in [-0.39, 0.29) is 5.56 Å². The predicted octanol–water partition coefficient (Wildman–Crippen LogP) is 5.01. The van der Waals surface area contributed by atoms with Gasteiger partial charge in [-0.2, -0.15) is 18.3 Å². The number of ether oxygens (including phenoxy) is 1. The molecule has 3 heterocycles. The van der Waals surface area contributed by atoms with Gasteiger partial charge in [0.05, 0.1) is 30.1 Å². The van der Waals surface area contributed by atoms with E-state index >= 15 is 0 Å². The average Bonchev–Trinajstić information content (AvgIpc) is 3.33. The third-order valence-electron chi connectivity index (χ3n) is 5.67. The first-order valence-corrected chi connectivity index (χ1v) is 11.2. The molecule has 5 rings (SSSR count). The van der Waals surface area contributed by atoms with Crippen molar-refractivity contribution in [3.8, 4) is 5.75 Å². The zero-order chi connectivity index (χ0) is 24.0. The zero-order valence-corrected chi connectivity index (χ0v) is 19.1. The second-order valence-electron chi connectivity index (χ2n) is 7.91. The molecular formula is C24H19F3N4O2S. The Labute approximate surface area is 195 Å². The van der Waals surface area contributed by atoms with Crippen LogP contribution >= 0.6 is 11.3 Å². The van der Waals surface area contributed by atoms with Gasteiger partial charge in [-0.3, -0.25) is 4.79 Å². The number of hydrogen-bond acceptors (Lipinski definition) is 5. The molecule has 0 bridgehead atoms. The number of fused-ring (bicyclic) bond motifs is 3. The van der Waals surface area contributed by atoms with Crippen molar-refractivity contribution in [1.82, 2.24) is 19.3 Å². The van der Waals surface area contributed by atoms with Crippen molar-refractivity contribution >= 4 is 32.6 Å². The number of nitrogens with zero attached hydrogens (tertiary/aromatic N) is 4. The van der Waals surface area contributed by atoms with Gasteiger partial charge >= 0.3 is 6.18 Å². The smallest absolute Gasteiger partial charge is 0.416 e. The van der Waals surface area contributed by atoms with Gasteiger partial charge in [-0.05, 0) is 35.4 Å². The Bertz CT molecular complexity index is 1570. The molecule has 0 N–H and O–H groups in total. The molecule has 0 saturated carbocycles. The SMILES string of the molecule is COc1cccc(Cn2ncc3c4sc(Cc5ccc(C(F)(F)F)cc5)nc4n(C)c3c2=O)c1. The van der Waals surface area contributed by atoms with E-state index in [2.05, 4.69) is 10.1 Å². The maximum atomic E-state index is 13.2. The van der Waals surface area contributed by atoms with E-state index in [1.165, 1.54) is 28.2 Å². The molecule has 174 valence electrons. The predicted molar refractivity (Wildman–Crippen MR) is 124 cm³/mol. The van der Waals surface area contributed by atoms with Gasteiger partial charge in [0.25, 0.3) is 5.56 Å². The highest BCUT2D eigenvalue weighted by Crippen LogP contribution is 2.33. The van der Waals surface area contributed by atoms with Crippen molar-refractivity contribution in [3.63, 3.8) is 0 Å². The fraction of sp³-hybridized carbons (Fsp3) is 0.208. The number of hydrogen-bond donors (Lipinski definition) is 0. The normalized spacial score (nSPS) is 12.0. The molecule has 34 heavy (non-hydrogen) atoms. The molecule has 10 heteroatoms. The van der Waals surface area contributed by atoms with E-state index in [1.807, 2.05) is 24.3 Å². The lowest BCUT2D eigenvalue weighted by molar-refractivity contribution is -0.137. The number of methoxy groups -OCH3 is 1. The Kier molecular flexibility index (Phi) is 5.40. The minimum Gasteiger partial charge on any atom is -0.497 e. The van der Waals surface area contributed by atoms with Gasteiger partial charge < -0.3 is 9.30 Å². The fourth-order valence-corrected chi connectivity index (χ4v) is 5.09. The van der Waals surface area contributed by atoms with Crippen LogP contribution in [0.2, 0.25) is 0 Å². The number of thiazole rings is 1. The molecule has 3 aromatic heterocycles. The molecule has 5 aromatic rings. The summed E-state index contributed by atoms with van der Waals surface area (Å²) < 4.78 is 47.6. The fourth-order valence-electron chi connectivity index (χ4n) is 3.95. The van der Waals surface area contributed by atoms with E-state index in [9.17, 15) is 18.0 Å². The van der Waals surface area contributed by atoms with Crippen LogP contribution in [0.3, 0.4) is 0 Å². The monoisotopic (exact) mass is 484 g/mol. The molecule has 6 nitrogen and oxygen atoms in total. The minimum absolute atomic E-state index is 0.225. The lowest BCUT2D eigenvalue weighted by Crippen LogP contribution is -2.24. The highest BCUT2D eigenvalue weighted by molar-refractivity contribution is 7.19. The second-order valence-corrected chi connectivity index (χ2v) is 9.00. The number of halogens is 3. The molecule has 0 fully saturated rings. The lowest BCUT2D eigenvalue weighted by atomic mass is 10.1. The summed E-state index contributed by atoms with van der Waals surface area (Å²) in [7, 11) is 3.37. The number of aromatic nitrogens is 4. The Morgan fingerprint density at radius 3 is 2.56 bits per heavy atom. The Balaban J connectivity index is 1.47. The molecule has 0 saturated heterocycles. The molecule has 0 aliphatic carbocycles. The summed E-state index contributed by atoms with van der Waals surface area (Å²) in [5, 5.41) is 5.83. The summed E-state index contributed by atoms with van der Waals surface area (Å²) in [4.78, 5) is 17.9. The molecule has 0 unspecified atom stereocenters. The topological polar surface area (TPSA) is 61.9 Å². The highest BCUT2D eigenvalue weighted by Gasteiger charge is 2.30.